The summed E-state index contributed by atoms with van der Waals surface area (Å²) in [5.41, 5.74) is 0.927. The van der Waals surface area contributed by atoms with Crippen molar-refractivity contribution in [1.82, 2.24) is 5.32 Å². The molecule has 0 saturated carbocycles. The van der Waals surface area contributed by atoms with Crippen LogP contribution in [-0.2, 0) is 6.54 Å². The number of hydrogen-bond donors (Lipinski definition) is 1. The molecule has 0 aliphatic heterocycles. The lowest BCUT2D eigenvalue weighted by molar-refractivity contribution is 0.471. The van der Waals surface area contributed by atoms with Gasteiger partial charge in [-0.2, -0.15) is 0 Å². The molecule has 0 amide bonds. The molecule has 0 bridgehead atoms. The minimum atomic E-state index is -0.406. The Balaban J connectivity index is 2.25. The number of halogens is 3. The summed E-state index contributed by atoms with van der Waals surface area (Å²) in [6.07, 6.45) is 1.04. The summed E-state index contributed by atoms with van der Waals surface area (Å²) in [7, 11) is 0. The lowest BCUT2D eigenvalue weighted by atomic mass is 10.2. The van der Waals surface area contributed by atoms with Crippen LogP contribution in [0, 0.1) is 5.82 Å². The summed E-state index contributed by atoms with van der Waals surface area (Å²) in [6.45, 7) is 3.65. The van der Waals surface area contributed by atoms with E-state index in [0.29, 0.717) is 23.1 Å². The Bertz CT molecular complexity index is 619. The molecule has 1 N–H and O–H groups in total. The van der Waals surface area contributed by atoms with E-state index in [1.165, 1.54) is 18.2 Å². The van der Waals surface area contributed by atoms with E-state index in [9.17, 15) is 4.39 Å². The van der Waals surface area contributed by atoms with Crippen molar-refractivity contribution in [3.8, 4) is 11.5 Å². The Morgan fingerprint density at radius 2 is 1.95 bits per heavy atom. The molecular formula is C16H16Cl2FNO. The van der Waals surface area contributed by atoms with E-state index in [2.05, 4.69) is 12.2 Å². The van der Waals surface area contributed by atoms with E-state index >= 15 is 0 Å². The molecule has 0 aromatic heterocycles. The fraction of sp³-hybridized carbons (Fsp3) is 0.250. The van der Waals surface area contributed by atoms with Crippen LogP contribution in [0.1, 0.15) is 18.9 Å². The van der Waals surface area contributed by atoms with Gasteiger partial charge < -0.3 is 10.1 Å². The Morgan fingerprint density at radius 3 is 2.67 bits per heavy atom. The van der Waals surface area contributed by atoms with Gasteiger partial charge in [-0.1, -0.05) is 42.3 Å². The maximum Gasteiger partial charge on any atom is 0.150 e. The molecule has 0 saturated heterocycles. The van der Waals surface area contributed by atoms with Crippen molar-refractivity contribution in [1.29, 1.82) is 0 Å². The molecule has 2 nitrogen and oxygen atoms in total. The highest BCUT2D eigenvalue weighted by atomic mass is 35.5. The molecule has 0 aliphatic carbocycles. The fourth-order valence-corrected chi connectivity index (χ4v) is 2.31. The van der Waals surface area contributed by atoms with Crippen LogP contribution in [0.3, 0.4) is 0 Å². The molecule has 112 valence electrons. The van der Waals surface area contributed by atoms with Crippen LogP contribution in [0.25, 0.3) is 0 Å². The third-order valence-electron chi connectivity index (χ3n) is 2.90. The van der Waals surface area contributed by atoms with E-state index in [4.69, 9.17) is 27.9 Å². The predicted molar refractivity (Wildman–Crippen MR) is 84.9 cm³/mol. The molecule has 0 spiro atoms. The minimum absolute atomic E-state index is 0.211. The van der Waals surface area contributed by atoms with Gasteiger partial charge in [0.25, 0.3) is 0 Å². The van der Waals surface area contributed by atoms with Gasteiger partial charge in [0.2, 0.25) is 0 Å². The third-order valence-corrected chi connectivity index (χ3v) is 3.49. The Hall–Kier alpha value is -1.29. The monoisotopic (exact) mass is 327 g/mol. The fourth-order valence-electron chi connectivity index (χ4n) is 1.87. The van der Waals surface area contributed by atoms with Gasteiger partial charge in [0, 0.05) is 12.1 Å². The number of ether oxygens (including phenoxy) is 1. The van der Waals surface area contributed by atoms with E-state index in [0.717, 1.165) is 18.5 Å². The molecule has 0 atom stereocenters. The summed E-state index contributed by atoms with van der Waals surface area (Å²) >= 11 is 12.2. The van der Waals surface area contributed by atoms with Crippen molar-refractivity contribution in [3.63, 3.8) is 0 Å². The number of benzene rings is 2. The number of hydrogen-bond acceptors (Lipinski definition) is 2. The standard InChI is InChI=1S/C16H16Cl2FNO/c1-2-8-20-10-11-4-3-5-13(17)16(11)21-15-7-6-12(19)9-14(15)18/h3-7,9,20H,2,8,10H2,1H3. The van der Waals surface area contributed by atoms with Gasteiger partial charge in [0.05, 0.1) is 10.0 Å². The largest absolute Gasteiger partial charge is 0.454 e. The second-order valence-corrected chi connectivity index (χ2v) is 5.40. The normalized spacial score (nSPS) is 10.7. The first-order valence-corrected chi connectivity index (χ1v) is 7.48. The highest BCUT2D eigenvalue weighted by Crippen LogP contribution is 2.36. The topological polar surface area (TPSA) is 21.3 Å². The smallest absolute Gasteiger partial charge is 0.150 e. The summed E-state index contributed by atoms with van der Waals surface area (Å²) in [6, 6.07) is 9.55. The van der Waals surface area contributed by atoms with Crippen molar-refractivity contribution in [2.45, 2.75) is 19.9 Å². The van der Waals surface area contributed by atoms with E-state index < -0.39 is 5.82 Å². The van der Waals surface area contributed by atoms with Crippen LogP contribution in [0.2, 0.25) is 10.0 Å². The molecule has 0 fully saturated rings. The van der Waals surface area contributed by atoms with Gasteiger partial charge in [-0.25, -0.2) is 4.39 Å². The molecule has 5 heteroatoms. The zero-order valence-electron chi connectivity index (χ0n) is 11.6. The van der Waals surface area contributed by atoms with Crippen LogP contribution in [-0.4, -0.2) is 6.54 Å². The lowest BCUT2D eigenvalue weighted by Gasteiger charge is -2.14. The zero-order valence-corrected chi connectivity index (χ0v) is 13.1. The van der Waals surface area contributed by atoms with Crippen molar-refractivity contribution >= 4 is 23.2 Å². The van der Waals surface area contributed by atoms with Crippen molar-refractivity contribution < 1.29 is 9.13 Å². The van der Waals surface area contributed by atoms with E-state index in [1.807, 2.05) is 12.1 Å². The number of nitrogens with one attached hydrogen (secondary N) is 1. The highest BCUT2D eigenvalue weighted by molar-refractivity contribution is 6.33. The van der Waals surface area contributed by atoms with Gasteiger partial charge in [-0.05, 0) is 37.2 Å². The van der Waals surface area contributed by atoms with Gasteiger partial charge in [0.1, 0.15) is 11.6 Å². The predicted octanol–water partition coefficient (Wildman–Crippen LogP) is 5.42. The molecule has 0 unspecified atom stereocenters. The highest BCUT2D eigenvalue weighted by Gasteiger charge is 2.12. The molecule has 2 aromatic carbocycles. The van der Waals surface area contributed by atoms with Crippen LogP contribution in [0.5, 0.6) is 11.5 Å². The summed E-state index contributed by atoms with van der Waals surface area (Å²) < 4.78 is 18.9. The Morgan fingerprint density at radius 1 is 1.14 bits per heavy atom. The quantitative estimate of drug-likeness (QED) is 0.715. The molecule has 0 aliphatic rings. The van der Waals surface area contributed by atoms with Crippen LogP contribution in [0.4, 0.5) is 4.39 Å². The summed E-state index contributed by atoms with van der Waals surface area (Å²) in [4.78, 5) is 0. The molecule has 2 aromatic rings. The van der Waals surface area contributed by atoms with Gasteiger partial charge >= 0.3 is 0 Å². The van der Waals surface area contributed by atoms with Crippen LogP contribution < -0.4 is 10.1 Å². The Kier molecular flexibility index (Phi) is 5.85. The molecule has 21 heavy (non-hydrogen) atoms. The van der Waals surface area contributed by atoms with Gasteiger partial charge in [-0.3, -0.25) is 0 Å². The Labute approximate surface area is 133 Å². The maximum atomic E-state index is 13.1. The average Bonchev–Trinajstić information content (AvgIpc) is 2.45. The first-order valence-electron chi connectivity index (χ1n) is 6.73. The summed E-state index contributed by atoms with van der Waals surface area (Å²) in [5.74, 6) is 0.510. The van der Waals surface area contributed by atoms with Crippen molar-refractivity contribution in [3.05, 3.63) is 57.8 Å². The molecule has 0 radical (unpaired) electrons. The molecule has 0 heterocycles. The number of para-hydroxylation sites is 1. The maximum absolute atomic E-state index is 13.1. The second kappa shape index (κ2) is 7.64. The van der Waals surface area contributed by atoms with E-state index in [1.54, 1.807) is 6.07 Å². The summed E-state index contributed by atoms with van der Waals surface area (Å²) in [5, 5.41) is 4.00. The first-order chi connectivity index (χ1) is 10.1. The zero-order chi connectivity index (χ0) is 15.2. The van der Waals surface area contributed by atoms with Crippen molar-refractivity contribution in [2.75, 3.05) is 6.54 Å². The molecule has 2 rings (SSSR count). The van der Waals surface area contributed by atoms with E-state index in [-0.39, 0.29) is 5.02 Å². The average molecular weight is 328 g/mol. The van der Waals surface area contributed by atoms with Crippen molar-refractivity contribution in [2.24, 2.45) is 0 Å². The van der Waals surface area contributed by atoms with Crippen LogP contribution >= 0.6 is 23.2 Å². The molecular weight excluding hydrogens is 312 g/mol. The van der Waals surface area contributed by atoms with Gasteiger partial charge in [-0.15, -0.1) is 0 Å². The second-order valence-electron chi connectivity index (χ2n) is 4.58. The van der Waals surface area contributed by atoms with Crippen LogP contribution in [0.15, 0.2) is 36.4 Å². The SMILES string of the molecule is CCCNCc1cccc(Cl)c1Oc1ccc(F)cc1Cl. The third kappa shape index (κ3) is 4.34. The first kappa shape index (κ1) is 16.1. The lowest BCUT2D eigenvalue weighted by Crippen LogP contribution is -2.14. The van der Waals surface area contributed by atoms with Gasteiger partial charge in [0.15, 0.2) is 5.75 Å². The number of rotatable bonds is 6. The minimum Gasteiger partial charge on any atom is -0.454 e.